The van der Waals surface area contributed by atoms with E-state index in [1.54, 1.807) is 12.1 Å². The molecule has 140 valence electrons. The van der Waals surface area contributed by atoms with Crippen LogP contribution in [0.1, 0.15) is 20.9 Å². The van der Waals surface area contributed by atoms with Crippen molar-refractivity contribution in [3.05, 3.63) is 70.5 Å². The lowest BCUT2D eigenvalue weighted by molar-refractivity contribution is 0.103. The smallest absolute Gasteiger partial charge is 0.267 e. The van der Waals surface area contributed by atoms with Crippen LogP contribution in [0.2, 0.25) is 0 Å². The highest BCUT2D eigenvalue weighted by Gasteiger charge is 2.16. The van der Waals surface area contributed by atoms with Crippen LogP contribution in [0.15, 0.2) is 48.5 Å². The topological polar surface area (TPSA) is 45.2 Å². The molecule has 2 aromatic carbocycles. The quantitative estimate of drug-likeness (QED) is 0.676. The molecule has 0 unspecified atom stereocenters. The summed E-state index contributed by atoms with van der Waals surface area (Å²) in [6, 6.07) is 14.0. The molecule has 27 heavy (non-hydrogen) atoms. The third-order valence-corrected chi connectivity index (χ3v) is 5.36. The van der Waals surface area contributed by atoms with Crippen molar-refractivity contribution in [3.63, 3.8) is 0 Å². The third kappa shape index (κ3) is 4.99. The normalized spacial score (nSPS) is 11.0. The van der Waals surface area contributed by atoms with E-state index in [1.165, 1.54) is 29.0 Å². The highest BCUT2D eigenvalue weighted by atomic mass is 32.1. The number of anilines is 1. The van der Waals surface area contributed by atoms with E-state index in [4.69, 9.17) is 0 Å². The first-order chi connectivity index (χ1) is 12.9. The first-order valence-corrected chi connectivity index (χ1v) is 9.52. The number of hydrogen-bond acceptors (Lipinski definition) is 4. The second kappa shape index (κ2) is 8.41. The summed E-state index contributed by atoms with van der Waals surface area (Å²) in [6.45, 7) is 2.79. The van der Waals surface area contributed by atoms with Gasteiger partial charge in [-0.1, -0.05) is 12.1 Å². The minimum Gasteiger partial charge on any atom is -0.321 e. The van der Waals surface area contributed by atoms with Crippen LogP contribution in [0.4, 0.5) is 10.1 Å². The molecule has 6 heteroatoms. The van der Waals surface area contributed by atoms with Crippen molar-refractivity contribution >= 4 is 22.9 Å². The number of nitrogens with zero attached hydrogens (tertiary/aromatic N) is 2. The van der Waals surface area contributed by atoms with Crippen molar-refractivity contribution in [2.24, 2.45) is 0 Å². The predicted octanol–water partition coefficient (Wildman–Crippen LogP) is 4.61. The zero-order chi connectivity index (χ0) is 19.4. The summed E-state index contributed by atoms with van der Waals surface area (Å²) in [5, 5.41) is 3.63. The Bertz CT molecular complexity index is 918. The molecule has 1 aromatic heterocycles. The van der Waals surface area contributed by atoms with Gasteiger partial charge in [0.15, 0.2) is 0 Å². The maximum atomic E-state index is 13.1. The van der Waals surface area contributed by atoms with Gasteiger partial charge in [-0.05, 0) is 69.4 Å². The van der Waals surface area contributed by atoms with E-state index in [0.717, 1.165) is 24.2 Å². The standard InChI is InChI=1S/C21H22FN3OS/c1-14-19(27-21(23-14)16-6-8-17(22)9-7-16)20(26)24-18-10-4-15(5-11-18)12-13-25(2)3/h4-11H,12-13H2,1-3H3,(H,24,26). The second-order valence-electron chi connectivity index (χ2n) is 6.64. The number of carbonyl (C=O) groups is 1. The van der Waals surface area contributed by atoms with Gasteiger partial charge >= 0.3 is 0 Å². The monoisotopic (exact) mass is 383 g/mol. The van der Waals surface area contributed by atoms with Crippen LogP contribution in [-0.2, 0) is 6.42 Å². The Morgan fingerprint density at radius 2 is 1.78 bits per heavy atom. The number of nitrogens with one attached hydrogen (secondary N) is 1. The Morgan fingerprint density at radius 3 is 2.41 bits per heavy atom. The van der Waals surface area contributed by atoms with Crippen LogP contribution in [0, 0.1) is 12.7 Å². The van der Waals surface area contributed by atoms with E-state index in [2.05, 4.69) is 15.2 Å². The Morgan fingerprint density at radius 1 is 1.11 bits per heavy atom. The van der Waals surface area contributed by atoms with Gasteiger partial charge in [0.25, 0.3) is 5.91 Å². The van der Waals surface area contributed by atoms with Crippen LogP contribution < -0.4 is 5.32 Å². The number of carbonyl (C=O) groups excluding carboxylic acids is 1. The number of aryl methyl sites for hydroxylation is 1. The molecule has 3 rings (SSSR count). The number of thiazole rings is 1. The van der Waals surface area contributed by atoms with Gasteiger partial charge in [-0.2, -0.15) is 0 Å². The SMILES string of the molecule is Cc1nc(-c2ccc(F)cc2)sc1C(=O)Nc1ccc(CCN(C)C)cc1. The van der Waals surface area contributed by atoms with Gasteiger partial charge in [0.1, 0.15) is 15.7 Å². The largest absolute Gasteiger partial charge is 0.321 e. The number of benzene rings is 2. The van der Waals surface area contributed by atoms with Gasteiger partial charge in [0.05, 0.1) is 5.69 Å². The zero-order valence-electron chi connectivity index (χ0n) is 15.6. The summed E-state index contributed by atoms with van der Waals surface area (Å²) in [5.74, 6) is -0.474. The van der Waals surface area contributed by atoms with Crippen LogP contribution >= 0.6 is 11.3 Å². The maximum Gasteiger partial charge on any atom is 0.267 e. The highest BCUT2D eigenvalue weighted by molar-refractivity contribution is 7.17. The maximum absolute atomic E-state index is 13.1. The fourth-order valence-corrected chi connectivity index (χ4v) is 3.59. The minimum absolute atomic E-state index is 0.181. The van der Waals surface area contributed by atoms with Crippen molar-refractivity contribution in [1.82, 2.24) is 9.88 Å². The lowest BCUT2D eigenvalue weighted by Crippen LogP contribution is -2.15. The molecule has 3 aromatic rings. The summed E-state index contributed by atoms with van der Waals surface area (Å²) < 4.78 is 13.1. The van der Waals surface area contributed by atoms with E-state index >= 15 is 0 Å². The molecule has 0 aliphatic rings. The molecule has 0 atom stereocenters. The molecule has 0 saturated carbocycles. The molecule has 0 bridgehead atoms. The van der Waals surface area contributed by atoms with E-state index < -0.39 is 0 Å². The fourth-order valence-electron chi connectivity index (χ4n) is 2.62. The van der Waals surface area contributed by atoms with Crippen molar-refractivity contribution in [1.29, 1.82) is 0 Å². The fraction of sp³-hybridized carbons (Fsp3) is 0.238. The van der Waals surface area contributed by atoms with Crippen molar-refractivity contribution in [3.8, 4) is 10.6 Å². The molecule has 0 aliphatic heterocycles. The Balaban J connectivity index is 1.70. The summed E-state index contributed by atoms with van der Waals surface area (Å²) in [6.07, 6.45) is 0.968. The summed E-state index contributed by atoms with van der Waals surface area (Å²) >= 11 is 1.31. The predicted molar refractivity (Wildman–Crippen MR) is 109 cm³/mol. The average Bonchev–Trinajstić information content (AvgIpc) is 3.03. The summed E-state index contributed by atoms with van der Waals surface area (Å²) in [7, 11) is 4.10. The molecule has 0 spiro atoms. The molecule has 1 heterocycles. The summed E-state index contributed by atoms with van der Waals surface area (Å²) in [4.78, 5) is 19.8. The van der Waals surface area contributed by atoms with Crippen molar-refractivity contribution < 1.29 is 9.18 Å². The van der Waals surface area contributed by atoms with Gasteiger partial charge in [-0.3, -0.25) is 4.79 Å². The molecule has 0 aliphatic carbocycles. The molecule has 0 fully saturated rings. The number of amides is 1. The average molecular weight is 383 g/mol. The van der Waals surface area contributed by atoms with Gasteiger partial charge in [-0.25, -0.2) is 9.37 Å². The number of halogens is 1. The van der Waals surface area contributed by atoms with E-state index in [-0.39, 0.29) is 11.7 Å². The molecule has 4 nitrogen and oxygen atoms in total. The first-order valence-electron chi connectivity index (χ1n) is 8.71. The molecule has 1 N–H and O–H groups in total. The Kier molecular flexibility index (Phi) is 5.98. The van der Waals surface area contributed by atoms with Gasteiger partial charge < -0.3 is 10.2 Å². The number of aromatic nitrogens is 1. The number of likely N-dealkylation sites (N-methyl/N-ethyl adjacent to an activating group) is 1. The van der Waals surface area contributed by atoms with Gasteiger partial charge in [-0.15, -0.1) is 11.3 Å². The molecule has 0 radical (unpaired) electrons. The van der Waals surface area contributed by atoms with E-state index in [0.29, 0.717) is 15.6 Å². The van der Waals surface area contributed by atoms with Gasteiger partial charge in [0.2, 0.25) is 0 Å². The molecular formula is C21H22FN3OS. The van der Waals surface area contributed by atoms with Crippen molar-refractivity contribution in [2.45, 2.75) is 13.3 Å². The Labute approximate surface area is 162 Å². The summed E-state index contributed by atoms with van der Waals surface area (Å²) in [5.41, 5.74) is 3.45. The van der Waals surface area contributed by atoms with Crippen LogP contribution in [0.5, 0.6) is 0 Å². The second-order valence-corrected chi connectivity index (χ2v) is 7.64. The van der Waals surface area contributed by atoms with Gasteiger partial charge in [0, 0.05) is 17.8 Å². The lowest BCUT2D eigenvalue weighted by Gasteiger charge is -2.10. The van der Waals surface area contributed by atoms with Crippen LogP contribution in [-0.4, -0.2) is 36.4 Å². The molecule has 1 amide bonds. The Hall–Kier alpha value is -2.57. The minimum atomic E-state index is -0.293. The van der Waals surface area contributed by atoms with E-state index in [9.17, 15) is 9.18 Å². The highest BCUT2D eigenvalue weighted by Crippen LogP contribution is 2.28. The molecule has 0 saturated heterocycles. The number of rotatable bonds is 6. The zero-order valence-corrected chi connectivity index (χ0v) is 16.4. The first kappa shape index (κ1) is 19.2. The molecular weight excluding hydrogens is 361 g/mol. The van der Waals surface area contributed by atoms with Crippen molar-refractivity contribution in [2.75, 3.05) is 26.0 Å². The lowest BCUT2D eigenvalue weighted by atomic mass is 10.1. The van der Waals surface area contributed by atoms with Crippen LogP contribution in [0.25, 0.3) is 10.6 Å². The van der Waals surface area contributed by atoms with E-state index in [1.807, 2.05) is 45.3 Å². The third-order valence-electron chi connectivity index (χ3n) is 4.15. The number of hydrogen-bond donors (Lipinski definition) is 1. The van der Waals surface area contributed by atoms with Crippen LogP contribution in [0.3, 0.4) is 0 Å².